The van der Waals surface area contributed by atoms with Crippen molar-refractivity contribution in [2.45, 2.75) is 49.8 Å². The Kier molecular flexibility index (Phi) is 4.83. The van der Waals surface area contributed by atoms with Gasteiger partial charge in [-0.1, -0.05) is 31.0 Å². The van der Waals surface area contributed by atoms with Gasteiger partial charge in [0.05, 0.1) is 0 Å². The number of fused-ring (bicyclic) bond motifs is 1. The van der Waals surface area contributed by atoms with E-state index < -0.39 is 0 Å². The van der Waals surface area contributed by atoms with E-state index in [0.717, 1.165) is 18.6 Å². The monoisotopic (exact) mass is 322 g/mol. The molecule has 1 aromatic rings. The summed E-state index contributed by atoms with van der Waals surface area (Å²) in [6, 6.07) is -0.0557. The molecule has 1 aromatic heterocycles. The van der Waals surface area contributed by atoms with Crippen molar-refractivity contribution in [3.8, 4) is 0 Å². The van der Waals surface area contributed by atoms with Gasteiger partial charge in [-0.25, -0.2) is 4.98 Å². The van der Waals surface area contributed by atoms with Crippen LogP contribution < -0.4 is 16.6 Å². The molecule has 1 unspecified atom stereocenters. The fourth-order valence-corrected chi connectivity index (χ4v) is 4.24. The summed E-state index contributed by atoms with van der Waals surface area (Å²) >= 11 is 1.54. The number of hydrogen-bond donors (Lipinski definition) is 2. The molecule has 0 spiro atoms. The van der Waals surface area contributed by atoms with Gasteiger partial charge in [0.1, 0.15) is 5.56 Å². The first kappa shape index (κ1) is 15.6. The van der Waals surface area contributed by atoms with Crippen LogP contribution in [-0.4, -0.2) is 33.8 Å². The Morgan fingerprint density at radius 2 is 2.23 bits per heavy atom. The summed E-state index contributed by atoms with van der Waals surface area (Å²) in [6.45, 7) is 1.03. The Labute approximate surface area is 133 Å². The lowest BCUT2D eigenvalue weighted by Gasteiger charge is -2.30. The van der Waals surface area contributed by atoms with Crippen LogP contribution >= 0.6 is 11.8 Å². The van der Waals surface area contributed by atoms with Crippen LogP contribution in [0.5, 0.6) is 0 Å². The quantitative estimate of drug-likeness (QED) is 0.807. The minimum Gasteiger partial charge on any atom is -0.348 e. The maximum Gasteiger partial charge on any atom is 0.267 e. The van der Waals surface area contributed by atoms with Crippen LogP contribution in [-0.2, 0) is 6.54 Å². The first-order chi connectivity index (χ1) is 10.7. The molecule has 0 aromatic carbocycles. The maximum atomic E-state index is 12.5. The Bertz CT molecular complexity index is 610. The number of nitrogens with one attached hydrogen (secondary N) is 1. The molecule has 1 fully saturated rings. The van der Waals surface area contributed by atoms with Crippen LogP contribution in [0.15, 0.2) is 16.1 Å². The predicted molar refractivity (Wildman–Crippen MR) is 86.1 cm³/mol. The van der Waals surface area contributed by atoms with E-state index in [0.29, 0.717) is 24.2 Å². The highest BCUT2D eigenvalue weighted by molar-refractivity contribution is 7.99. The van der Waals surface area contributed by atoms with Crippen LogP contribution in [0.25, 0.3) is 0 Å². The number of nitrogens with two attached hydrogens (primary N) is 1. The molecule has 1 saturated carbocycles. The number of hydrogen-bond acceptors (Lipinski definition) is 5. The molecule has 3 rings (SSSR count). The predicted octanol–water partition coefficient (Wildman–Crippen LogP) is 0.986. The molecule has 1 amide bonds. The van der Waals surface area contributed by atoms with E-state index in [1.54, 1.807) is 16.3 Å². The summed E-state index contributed by atoms with van der Waals surface area (Å²) in [7, 11) is 0. The smallest absolute Gasteiger partial charge is 0.267 e. The molecule has 3 N–H and O–H groups in total. The molecule has 2 heterocycles. The van der Waals surface area contributed by atoms with Crippen molar-refractivity contribution < 1.29 is 4.79 Å². The fraction of sp³-hybridized carbons (Fsp3) is 0.667. The number of amides is 1. The SMILES string of the molecule is NCC(NC(=O)c1cnc2n(c1=O)CCS2)C1CCCCC1. The molecule has 0 radical (unpaired) electrons. The average Bonchev–Trinajstić information content (AvgIpc) is 3.03. The van der Waals surface area contributed by atoms with Gasteiger partial charge in [-0.05, 0) is 18.8 Å². The number of aromatic nitrogens is 2. The lowest BCUT2D eigenvalue weighted by Crippen LogP contribution is -2.47. The lowest BCUT2D eigenvalue weighted by atomic mass is 9.84. The van der Waals surface area contributed by atoms with Crippen molar-refractivity contribution in [2.75, 3.05) is 12.3 Å². The van der Waals surface area contributed by atoms with Crippen molar-refractivity contribution in [1.29, 1.82) is 0 Å². The van der Waals surface area contributed by atoms with E-state index in [-0.39, 0.29) is 23.1 Å². The van der Waals surface area contributed by atoms with Crippen LogP contribution in [0.3, 0.4) is 0 Å². The van der Waals surface area contributed by atoms with E-state index in [4.69, 9.17) is 5.73 Å². The third kappa shape index (κ3) is 3.05. The van der Waals surface area contributed by atoms with Crippen LogP contribution in [0.2, 0.25) is 0 Å². The first-order valence-corrected chi connectivity index (χ1v) is 8.93. The zero-order chi connectivity index (χ0) is 15.5. The van der Waals surface area contributed by atoms with E-state index in [1.807, 2.05) is 0 Å². The largest absolute Gasteiger partial charge is 0.348 e. The topological polar surface area (TPSA) is 90.0 Å². The van der Waals surface area contributed by atoms with E-state index in [9.17, 15) is 9.59 Å². The van der Waals surface area contributed by atoms with Crippen LogP contribution in [0, 0.1) is 5.92 Å². The minimum atomic E-state index is -0.342. The second-order valence-electron chi connectivity index (χ2n) is 5.97. The second-order valence-corrected chi connectivity index (χ2v) is 7.04. The minimum absolute atomic E-state index is 0.0557. The van der Waals surface area contributed by atoms with Crippen molar-refractivity contribution in [3.05, 3.63) is 22.1 Å². The van der Waals surface area contributed by atoms with E-state index in [2.05, 4.69) is 10.3 Å². The number of carbonyl (C=O) groups excluding carboxylic acids is 1. The Hall–Kier alpha value is -1.34. The lowest BCUT2D eigenvalue weighted by molar-refractivity contribution is 0.0912. The van der Waals surface area contributed by atoms with Gasteiger partial charge in [-0.15, -0.1) is 0 Å². The summed E-state index contributed by atoms with van der Waals surface area (Å²) in [4.78, 5) is 29.0. The summed E-state index contributed by atoms with van der Waals surface area (Å²) in [5.41, 5.74) is 5.72. The van der Waals surface area contributed by atoms with Crippen molar-refractivity contribution in [3.63, 3.8) is 0 Å². The molecular weight excluding hydrogens is 300 g/mol. The third-order valence-electron chi connectivity index (χ3n) is 4.59. The molecule has 0 bridgehead atoms. The standard InChI is InChI=1S/C15H22N4O2S/c16-8-12(10-4-2-1-3-5-10)18-13(20)11-9-17-15-19(14(11)21)6-7-22-15/h9-10,12H,1-8,16H2,(H,18,20). The second kappa shape index (κ2) is 6.83. The van der Waals surface area contributed by atoms with Gasteiger partial charge >= 0.3 is 0 Å². The Balaban J connectivity index is 1.75. The molecule has 6 nitrogen and oxygen atoms in total. The van der Waals surface area contributed by atoms with Gasteiger partial charge in [0.2, 0.25) is 0 Å². The van der Waals surface area contributed by atoms with Crippen molar-refractivity contribution >= 4 is 17.7 Å². The normalized spacial score (nSPS) is 19.7. The van der Waals surface area contributed by atoms with Crippen molar-refractivity contribution in [2.24, 2.45) is 11.7 Å². The molecule has 0 saturated heterocycles. The summed E-state index contributed by atoms with van der Waals surface area (Å²) < 4.78 is 1.58. The number of rotatable bonds is 4. The van der Waals surface area contributed by atoms with Gasteiger partial charge in [0.15, 0.2) is 5.16 Å². The zero-order valence-corrected chi connectivity index (χ0v) is 13.4. The summed E-state index contributed by atoms with van der Waals surface area (Å²) in [5, 5.41) is 3.66. The molecule has 120 valence electrons. The Morgan fingerprint density at radius 3 is 2.95 bits per heavy atom. The molecule has 1 atom stereocenters. The molecule has 2 aliphatic rings. The van der Waals surface area contributed by atoms with Crippen LogP contribution in [0.1, 0.15) is 42.5 Å². The number of thioether (sulfide) groups is 1. The van der Waals surface area contributed by atoms with Crippen molar-refractivity contribution in [1.82, 2.24) is 14.9 Å². The number of carbonyl (C=O) groups is 1. The highest BCUT2D eigenvalue weighted by atomic mass is 32.2. The molecular formula is C15H22N4O2S. The van der Waals surface area contributed by atoms with Gasteiger partial charge < -0.3 is 11.1 Å². The van der Waals surface area contributed by atoms with Gasteiger partial charge in [-0.2, -0.15) is 0 Å². The highest BCUT2D eigenvalue weighted by Gasteiger charge is 2.26. The van der Waals surface area contributed by atoms with Gasteiger partial charge in [0.25, 0.3) is 11.5 Å². The first-order valence-electron chi connectivity index (χ1n) is 7.94. The summed E-state index contributed by atoms with van der Waals surface area (Å²) in [5.74, 6) is 0.912. The van der Waals surface area contributed by atoms with E-state index >= 15 is 0 Å². The molecule has 7 heteroatoms. The molecule has 1 aliphatic heterocycles. The molecule has 22 heavy (non-hydrogen) atoms. The average molecular weight is 322 g/mol. The van der Waals surface area contributed by atoms with Crippen LogP contribution in [0.4, 0.5) is 0 Å². The fourth-order valence-electron chi connectivity index (χ4n) is 3.33. The maximum absolute atomic E-state index is 12.5. The third-order valence-corrected chi connectivity index (χ3v) is 5.56. The summed E-state index contributed by atoms with van der Waals surface area (Å²) in [6.07, 6.45) is 7.24. The van der Waals surface area contributed by atoms with Gasteiger partial charge in [0, 0.05) is 31.1 Å². The van der Waals surface area contributed by atoms with E-state index in [1.165, 1.54) is 25.5 Å². The highest BCUT2D eigenvalue weighted by Crippen LogP contribution is 2.26. The van der Waals surface area contributed by atoms with Gasteiger partial charge in [-0.3, -0.25) is 14.2 Å². The zero-order valence-electron chi connectivity index (χ0n) is 12.6. The Morgan fingerprint density at radius 1 is 1.45 bits per heavy atom. The number of nitrogens with zero attached hydrogens (tertiary/aromatic N) is 2. The molecule has 1 aliphatic carbocycles.